The minimum absolute atomic E-state index is 0.306. The summed E-state index contributed by atoms with van der Waals surface area (Å²) in [4.78, 5) is 12.0. The largest absolute Gasteiger partial charge is 0.287 e. The highest BCUT2D eigenvalue weighted by molar-refractivity contribution is 8.14. The van der Waals surface area contributed by atoms with Crippen LogP contribution in [0.1, 0.15) is 38.7 Å². The summed E-state index contributed by atoms with van der Waals surface area (Å²) in [6, 6.07) is 10.6. The summed E-state index contributed by atoms with van der Waals surface area (Å²) in [5.41, 5.74) is 1.39. The van der Waals surface area contributed by atoms with Crippen molar-refractivity contribution in [3.63, 3.8) is 0 Å². The van der Waals surface area contributed by atoms with E-state index in [4.69, 9.17) is 0 Å². The van der Waals surface area contributed by atoms with Gasteiger partial charge >= 0.3 is 0 Å². The molecule has 1 heterocycles. The van der Waals surface area contributed by atoms with E-state index in [0.29, 0.717) is 22.2 Å². The summed E-state index contributed by atoms with van der Waals surface area (Å²) >= 11 is 1.60. The lowest BCUT2D eigenvalue weighted by atomic mass is 9.88. The second kappa shape index (κ2) is 6.42. The third kappa shape index (κ3) is 3.38. The molecule has 2 heteroatoms. The Morgan fingerprint density at radius 3 is 2.72 bits per heavy atom. The van der Waals surface area contributed by atoms with E-state index >= 15 is 0 Å². The van der Waals surface area contributed by atoms with Gasteiger partial charge in [-0.3, -0.25) is 4.79 Å². The maximum Gasteiger partial charge on any atom is 0.192 e. The van der Waals surface area contributed by atoms with Crippen LogP contribution in [0.5, 0.6) is 0 Å². The molecule has 18 heavy (non-hydrogen) atoms. The topological polar surface area (TPSA) is 17.1 Å². The zero-order chi connectivity index (χ0) is 13.0. The molecule has 98 valence electrons. The average molecular weight is 262 g/mol. The van der Waals surface area contributed by atoms with Crippen molar-refractivity contribution in [3.05, 3.63) is 35.9 Å². The van der Waals surface area contributed by atoms with Gasteiger partial charge in [-0.25, -0.2) is 0 Å². The Balaban J connectivity index is 1.84. The summed E-state index contributed by atoms with van der Waals surface area (Å²) in [6.45, 7) is 4.39. The van der Waals surface area contributed by atoms with Crippen LogP contribution < -0.4 is 0 Å². The van der Waals surface area contributed by atoms with Crippen molar-refractivity contribution < 1.29 is 4.79 Å². The molecular weight excluding hydrogens is 240 g/mol. The predicted octanol–water partition coefficient (Wildman–Crippen LogP) is 4.31. The summed E-state index contributed by atoms with van der Waals surface area (Å²) in [5, 5.41) is 0.971. The van der Waals surface area contributed by atoms with Crippen LogP contribution in [0.3, 0.4) is 0 Å². The smallest absolute Gasteiger partial charge is 0.192 e. The molecule has 0 spiro atoms. The lowest BCUT2D eigenvalue weighted by molar-refractivity contribution is -0.115. The maximum absolute atomic E-state index is 12.0. The Morgan fingerprint density at radius 1 is 1.33 bits per heavy atom. The molecule has 0 radical (unpaired) electrons. The molecule has 3 atom stereocenters. The van der Waals surface area contributed by atoms with Crippen LogP contribution in [0.4, 0.5) is 0 Å². The number of carbonyl (C=O) groups is 1. The fourth-order valence-corrected chi connectivity index (χ4v) is 3.95. The lowest BCUT2D eigenvalue weighted by Gasteiger charge is -2.15. The van der Waals surface area contributed by atoms with Crippen molar-refractivity contribution in [2.75, 3.05) is 0 Å². The van der Waals surface area contributed by atoms with Gasteiger partial charge in [0.15, 0.2) is 5.12 Å². The highest BCUT2D eigenvalue weighted by atomic mass is 32.2. The van der Waals surface area contributed by atoms with Gasteiger partial charge < -0.3 is 0 Å². The second-order valence-corrected chi connectivity index (χ2v) is 6.62. The Hall–Kier alpha value is -0.760. The zero-order valence-electron chi connectivity index (χ0n) is 11.3. The van der Waals surface area contributed by atoms with E-state index in [-0.39, 0.29) is 0 Å². The molecule has 0 amide bonds. The van der Waals surface area contributed by atoms with E-state index in [1.54, 1.807) is 11.8 Å². The van der Waals surface area contributed by atoms with E-state index in [2.05, 4.69) is 44.2 Å². The molecule has 1 aromatic rings. The van der Waals surface area contributed by atoms with Crippen molar-refractivity contribution in [2.45, 2.75) is 44.8 Å². The van der Waals surface area contributed by atoms with Gasteiger partial charge in [0.25, 0.3) is 0 Å². The minimum atomic E-state index is 0.306. The van der Waals surface area contributed by atoms with Gasteiger partial charge in [-0.15, -0.1) is 0 Å². The molecule has 0 aromatic heterocycles. The Kier molecular flexibility index (Phi) is 4.87. The van der Waals surface area contributed by atoms with Crippen molar-refractivity contribution in [2.24, 2.45) is 11.8 Å². The molecule has 0 bridgehead atoms. The van der Waals surface area contributed by atoms with Crippen LogP contribution in [-0.2, 0) is 11.2 Å². The molecule has 1 aliphatic heterocycles. The SMILES string of the molecule is CC[C@H](C)[C@H]1C[C@H](CCc2ccccc2)SC1=O. The molecule has 0 aliphatic carbocycles. The van der Waals surface area contributed by atoms with E-state index < -0.39 is 0 Å². The Bertz CT molecular complexity index is 387. The van der Waals surface area contributed by atoms with E-state index in [1.807, 2.05) is 0 Å². The quantitative estimate of drug-likeness (QED) is 0.786. The number of hydrogen-bond acceptors (Lipinski definition) is 2. The van der Waals surface area contributed by atoms with Crippen molar-refractivity contribution in [1.29, 1.82) is 0 Å². The molecule has 0 unspecified atom stereocenters. The number of aryl methyl sites for hydroxylation is 1. The monoisotopic (exact) mass is 262 g/mol. The first-order valence-electron chi connectivity index (χ1n) is 6.95. The molecule has 2 rings (SSSR count). The summed E-state index contributed by atoms with van der Waals surface area (Å²) in [6.07, 6.45) is 4.43. The maximum atomic E-state index is 12.0. The summed E-state index contributed by atoms with van der Waals surface area (Å²) in [7, 11) is 0. The number of thioether (sulfide) groups is 1. The first kappa shape index (κ1) is 13.7. The van der Waals surface area contributed by atoms with Gasteiger partial charge in [0, 0.05) is 11.2 Å². The van der Waals surface area contributed by atoms with Gasteiger partial charge in [0.05, 0.1) is 0 Å². The van der Waals surface area contributed by atoms with Gasteiger partial charge in [0.2, 0.25) is 0 Å². The standard InChI is InChI=1S/C16H22OS/c1-3-12(2)15-11-14(18-16(15)17)10-9-13-7-5-4-6-8-13/h4-8,12,14-15H,3,9-11H2,1-2H3/t12-,14-,15+/m0/s1. The first-order chi connectivity index (χ1) is 8.70. The van der Waals surface area contributed by atoms with E-state index in [9.17, 15) is 4.79 Å². The van der Waals surface area contributed by atoms with Gasteiger partial charge in [-0.1, -0.05) is 62.4 Å². The lowest BCUT2D eigenvalue weighted by Crippen LogP contribution is -2.14. The van der Waals surface area contributed by atoms with Crippen LogP contribution in [-0.4, -0.2) is 10.4 Å². The van der Waals surface area contributed by atoms with Gasteiger partial charge in [-0.2, -0.15) is 0 Å². The summed E-state index contributed by atoms with van der Waals surface area (Å²) in [5.74, 6) is 0.854. The number of benzene rings is 1. The normalized spacial score (nSPS) is 25.3. The van der Waals surface area contributed by atoms with E-state index in [1.165, 1.54) is 5.56 Å². The van der Waals surface area contributed by atoms with Crippen molar-refractivity contribution in [3.8, 4) is 0 Å². The molecule has 1 nitrogen and oxygen atoms in total. The fraction of sp³-hybridized carbons (Fsp3) is 0.562. The van der Waals surface area contributed by atoms with Crippen LogP contribution in [0, 0.1) is 11.8 Å². The van der Waals surface area contributed by atoms with Crippen molar-refractivity contribution in [1.82, 2.24) is 0 Å². The third-order valence-corrected chi connectivity index (χ3v) is 5.33. The molecule has 1 aliphatic rings. The van der Waals surface area contributed by atoms with Gasteiger partial charge in [-0.05, 0) is 30.7 Å². The van der Waals surface area contributed by atoms with Crippen LogP contribution in [0.15, 0.2) is 30.3 Å². The van der Waals surface area contributed by atoms with E-state index in [0.717, 1.165) is 25.7 Å². The Morgan fingerprint density at radius 2 is 2.06 bits per heavy atom. The van der Waals surface area contributed by atoms with Crippen molar-refractivity contribution >= 4 is 16.9 Å². The first-order valence-corrected chi connectivity index (χ1v) is 7.83. The second-order valence-electron chi connectivity index (χ2n) is 5.31. The Labute approximate surface area is 114 Å². The number of rotatable bonds is 5. The summed E-state index contributed by atoms with van der Waals surface area (Å²) < 4.78 is 0. The third-order valence-electron chi connectivity index (χ3n) is 4.03. The molecule has 1 aromatic carbocycles. The van der Waals surface area contributed by atoms with Crippen LogP contribution >= 0.6 is 11.8 Å². The molecule has 1 saturated heterocycles. The number of hydrogen-bond donors (Lipinski definition) is 0. The fourth-order valence-electron chi connectivity index (χ4n) is 2.58. The molecule has 0 saturated carbocycles. The minimum Gasteiger partial charge on any atom is -0.287 e. The highest BCUT2D eigenvalue weighted by Gasteiger charge is 2.35. The molecule has 1 fully saturated rings. The number of carbonyl (C=O) groups excluding carboxylic acids is 1. The van der Waals surface area contributed by atoms with Gasteiger partial charge in [0.1, 0.15) is 0 Å². The van der Waals surface area contributed by atoms with Crippen LogP contribution in [0.25, 0.3) is 0 Å². The highest BCUT2D eigenvalue weighted by Crippen LogP contribution is 2.40. The average Bonchev–Trinajstić information content (AvgIpc) is 2.78. The molecular formula is C16H22OS. The zero-order valence-corrected chi connectivity index (χ0v) is 12.1. The van der Waals surface area contributed by atoms with Crippen LogP contribution in [0.2, 0.25) is 0 Å². The molecule has 0 N–H and O–H groups in total. The predicted molar refractivity (Wildman–Crippen MR) is 78.7 cm³/mol.